The van der Waals surface area contributed by atoms with Gasteiger partial charge in [0.15, 0.2) is 11.5 Å². The van der Waals surface area contributed by atoms with Gasteiger partial charge in [-0.2, -0.15) is 0 Å². The topological polar surface area (TPSA) is 72.6 Å². The standard InChI is InChI=1S/C10H15NO4/c1-4-10(2,3)14-6-7-5-8(9(12)13)11-15-7/h5H,4,6H2,1-3H3,(H,12,13). The molecule has 5 heteroatoms. The summed E-state index contributed by atoms with van der Waals surface area (Å²) in [4.78, 5) is 10.5. The largest absolute Gasteiger partial charge is 0.476 e. The Kier molecular flexibility index (Phi) is 3.47. The molecule has 1 N–H and O–H groups in total. The van der Waals surface area contributed by atoms with Crippen molar-refractivity contribution in [1.29, 1.82) is 0 Å². The molecular weight excluding hydrogens is 198 g/mol. The van der Waals surface area contributed by atoms with E-state index in [1.54, 1.807) is 0 Å². The summed E-state index contributed by atoms with van der Waals surface area (Å²) < 4.78 is 10.3. The van der Waals surface area contributed by atoms with Crippen LogP contribution in [-0.2, 0) is 11.3 Å². The van der Waals surface area contributed by atoms with E-state index in [0.717, 1.165) is 6.42 Å². The summed E-state index contributed by atoms with van der Waals surface area (Å²) in [6.07, 6.45) is 0.868. The quantitative estimate of drug-likeness (QED) is 0.810. The molecule has 84 valence electrons. The van der Waals surface area contributed by atoms with Crippen molar-refractivity contribution in [2.24, 2.45) is 0 Å². The van der Waals surface area contributed by atoms with E-state index in [4.69, 9.17) is 14.4 Å². The number of nitrogens with zero attached hydrogens (tertiary/aromatic N) is 1. The molecule has 0 aromatic carbocycles. The normalized spacial score (nSPS) is 11.7. The second-order valence-corrected chi connectivity index (χ2v) is 3.89. The number of carbonyl (C=O) groups is 1. The molecule has 0 saturated carbocycles. The summed E-state index contributed by atoms with van der Waals surface area (Å²) in [7, 11) is 0. The fraction of sp³-hybridized carbons (Fsp3) is 0.600. The van der Waals surface area contributed by atoms with Gasteiger partial charge >= 0.3 is 5.97 Å². The maximum absolute atomic E-state index is 10.5. The van der Waals surface area contributed by atoms with Gasteiger partial charge in [0.05, 0.1) is 5.60 Å². The number of carboxylic acid groups (broad SMARTS) is 1. The average Bonchev–Trinajstić information content (AvgIpc) is 2.63. The van der Waals surface area contributed by atoms with Crippen molar-refractivity contribution >= 4 is 5.97 Å². The van der Waals surface area contributed by atoms with Gasteiger partial charge in [-0.05, 0) is 20.3 Å². The van der Waals surface area contributed by atoms with Gasteiger partial charge in [-0.3, -0.25) is 0 Å². The van der Waals surface area contributed by atoms with Crippen LogP contribution < -0.4 is 0 Å². The van der Waals surface area contributed by atoms with E-state index in [1.807, 2.05) is 20.8 Å². The van der Waals surface area contributed by atoms with Gasteiger partial charge in [-0.1, -0.05) is 12.1 Å². The third-order valence-electron chi connectivity index (χ3n) is 2.23. The molecule has 1 aromatic heterocycles. The van der Waals surface area contributed by atoms with Crippen LogP contribution >= 0.6 is 0 Å². The smallest absolute Gasteiger partial charge is 0.358 e. The van der Waals surface area contributed by atoms with Gasteiger partial charge < -0.3 is 14.4 Å². The highest BCUT2D eigenvalue weighted by Crippen LogP contribution is 2.16. The highest BCUT2D eigenvalue weighted by Gasteiger charge is 2.17. The number of ether oxygens (including phenoxy) is 1. The van der Waals surface area contributed by atoms with E-state index in [0.29, 0.717) is 5.76 Å². The van der Waals surface area contributed by atoms with Crippen molar-refractivity contribution in [2.75, 3.05) is 0 Å². The third kappa shape index (κ3) is 3.36. The van der Waals surface area contributed by atoms with E-state index >= 15 is 0 Å². The van der Waals surface area contributed by atoms with Gasteiger partial charge in [-0.15, -0.1) is 0 Å². The molecule has 0 saturated heterocycles. The van der Waals surface area contributed by atoms with Crippen molar-refractivity contribution < 1.29 is 19.2 Å². The second-order valence-electron chi connectivity index (χ2n) is 3.89. The minimum Gasteiger partial charge on any atom is -0.476 e. The van der Waals surface area contributed by atoms with Crippen LogP contribution in [0.1, 0.15) is 43.4 Å². The summed E-state index contributed by atoms with van der Waals surface area (Å²) in [5, 5.41) is 12.0. The zero-order valence-electron chi connectivity index (χ0n) is 9.11. The van der Waals surface area contributed by atoms with Crippen LogP contribution in [0.4, 0.5) is 0 Å². The minimum atomic E-state index is -1.10. The molecule has 0 fully saturated rings. The Balaban J connectivity index is 2.55. The summed E-state index contributed by atoms with van der Waals surface area (Å²) in [6.45, 7) is 6.17. The summed E-state index contributed by atoms with van der Waals surface area (Å²) in [5.74, 6) is -0.673. The predicted molar refractivity (Wildman–Crippen MR) is 52.6 cm³/mol. The summed E-state index contributed by atoms with van der Waals surface area (Å²) in [6, 6.07) is 1.37. The van der Waals surface area contributed by atoms with Crippen LogP contribution in [0, 0.1) is 0 Å². The van der Waals surface area contributed by atoms with E-state index in [1.165, 1.54) is 6.07 Å². The molecule has 0 spiro atoms. The fourth-order valence-corrected chi connectivity index (χ4v) is 0.850. The van der Waals surface area contributed by atoms with E-state index in [-0.39, 0.29) is 17.9 Å². The molecular formula is C10H15NO4. The molecule has 0 aliphatic heterocycles. The first-order chi connectivity index (χ1) is 6.94. The lowest BCUT2D eigenvalue weighted by atomic mass is 10.1. The average molecular weight is 213 g/mol. The molecule has 0 radical (unpaired) electrons. The first-order valence-corrected chi connectivity index (χ1v) is 4.77. The molecule has 0 atom stereocenters. The molecule has 0 amide bonds. The zero-order valence-corrected chi connectivity index (χ0v) is 9.11. The molecule has 5 nitrogen and oxygen atoms in total. The molecule has 1 heterocycles. The Bertz CT molecular complexity index is 343. The fourth-order valence-electron chi connectivity index (χ4n) is 0.850. The van der Waals surface area contributed by atoms with E-state index < -0.39 is 5.97 Å². The van der Waals surface area contributed by atoms with Crippen LogP contribution in [0.3, 0.4) is 0 Å². The molecule has 0 aliphatic carbocycles. The maximum atomic E-state index is 10.5. The van der Waals surface area contributed by atoms with Crippen molar-refractivity contribution in [3.05, 3.63) is 17.5 Å². The highest BCUT2D eigenvalue weighted by molar-refractivity contribution is 5.85. The van der Waals surface area contributed by atoms with Crippen molar-refractivity contribution in [2.45, 2.75) is 39.4 Å². The number of rotatable bonds is 5. The van der Waals surface area contributed by atoms with E-state index in [2.05, 4.69) is 5.16 Å². The predicted octanol–water partition coefficient (Wildman–Crippen LogP) is 2.08. The minimum absolute atomic E-state index is 0.0945. The molecule has 1 rings (SSSR count). The van der Waals surface area contributed by atoms with Gasteiger partial charge in [0, 0.05) is 6.07 Å². The lowest BCUT2D eigenvalue weighted by Crippen LogP contribution is -2.22. The lowest BCUT2D eigenvalue weighted by Gasteiger charge is -2.22. The van der Waals surface area contributed by atoms with Crippen LogP contribution in [0.2, 0.25) is 0 Å². The maximum Gasteiger partial charge on any atom is 0.358 e. The molecule has 0 bridgehead atoms. The van der Waals surface area contributed by atoms with Crippen molar-refractivity contribution in [3.8, 4) is 0 Å². The summed E-state index contributed by atoms with van der Waals surface area (Å²) >= 11 is 0. The number of aromatic nitrogens is 1. The van der Waals surface area contributed by atoms with Crippen molar-refractivity contribution in [1.82, 2.24) is 5.16 Å². The van der Waals surface area contributed by atoms with Gasteiger partial charge in [0.25, 0.3) is 0 Å². The highest BCUT2D eigenvalue weighted by atomic mass is 16.5. The molecule has 0 aliphatic rings. The number of hydrogen-bond acceptors (Lipinski definition) is 4. The van der Waals surface area contributed by atoms with E-state index in [9.17, 15) is 4.79 Å². The zero-order chi connectivity index (χ0) is 11.5. The second kappa shape index (κ2) is 4.44. The number of carboxylic acids is 1. The van der Waals surface area contributed by atoms with Crippen LogP contribution in [0.15, 0.2) is 10.6 Å². The molecule has 0 unspecified atom stereocenters. The van der Waals surface area contributed by atoms with Crippen LogP contribution in [0.5, 0.6) is 0 Å². The van der Waals surface area contributed by atoms with Gasteiger partial charge in [0.2, 0.25) is 0 Å². The number of aromatic carboxylic acids is 1. The molecule has 15 heavy (non-hydrogen) atoms. The Morgan fingerprint density at radius 3 is 2.80 bits per heavy atom. The Hall–Kier alpha value is -1.36. The monoisotopic (exact) mass is 213 g/mol. The van der Waals surface area contributed by atoms with Gasteiger partial charge in [0.1, 0.15) is 6.61 Å². The first-order valence-electron chi connectivity index (χ1n) is 4.77. The Morgan fingerprint density at radius 2 is 2.33 bits per heavy atom. The lowest BCUT2D eigenvalue weighted by molar-refractivity contribution is -0.0399. The molecule has 1 aromatic rings. The third-order valence-corrected chi connectivity index (χ3v) is 2.23. The Morgan fingerprint density at radius 1 is 1.67 bits per heavy atom. The summed E-state index contributed by atoms with van der Waals surface area (Å²) in [5.41, 5.74) is -0.334. The first kappa shape index (κ1) is 11.7. The van der Waals surface area contributed by atoms with Gasteiger partial charge in [-0.25, -0.2) is 4.79 Å². The van der Waals surface area contributed by atoms with Crippen LogP contribution in [-0.4, -0.2) is 21.8 Å². The van der Waals surface area contributed by atoms with Crippen molar-refractivity contribution in [3.63, 3.8) is 0 Å². The SMILES string of the molecule is CCC(C)(C)OCc1cc(C(=O)O)no1. The number of hydrogen-bond donors (Lipinski definition) is 1. The van der Waals surface area contributed by atoms with Crippen LogP contribution in [0.25, 0.3) is 0 Å². The Labute approximate surface area is 88.0 Å².